The standard InChI is InChI=1S/C25H32N8O2S/c1-17(2)28-25-30-21-16-20(10-11-22(21)33(25)5)32(4)23-12-14-27-24(31-23)29-19-8-6-18(7-9-19)13-15-36(34,35)26-3/h6-12,14,16-17,26H,13,15H2,1-5H3,(H,28,30)(H,27,29,31). The van der Waals surface area contributed by atoms with Crippen LogP contribution in [0.15, 0.2) is 54.7 Å². The van der Waals surface area contributed by atoms with Gasteiger partial charge in [-0.15, -0.1) is 0 Å². The molecule has 0 saturated carbocycles. The first kappa shape index (κ1) is 25.4. The molecule has 0 aliphatic carbocycles. The fraction of sp³-hybridized carbons (Fsp3) is 0.320. The van der Waals surface area contributed by atoms with Crippen molar-refractivity contribution in [2.75, 3.05) is 35.4 Å². The van der Waals surface area contributed by atoms with Crippen LogP contribution in [0.5, 0.6) is 0 Å². The van der Waals surface area contributed by atoms with Crippen LogP contribution in [-0.4, -0.2) is 53.8 Å². The molecule has 3 N–H and O–H groups in total. The van der Waals surface area contributed by atoms with Crippen molar-refractivity contribution in [3.63, 3.8) is 0 Å². The molecule has 0 saturated heterocycles. The highest BCUT2D eigenvalue weighted by molar-refractivity contribution is 7.89. The number of hydrogen-bond acceptors (Lipinski definition) is 8. The molecule has 0 radical (unpaired) electrons. The van der Waals surface area contributed by atoms with Crippen LogP contribution in [0.2, 0.25) is 0 Å². The van der Waals surface area contributed by atoms with Gasteiger partial charge in [-0.25, -0.2) is 23.1 Å². The topological polar surface area (TPSA) is 117 Å². The lowest BCUT2D eigenvalue weighted by Crippen LogP contribution is -2.23. The van der Waals surface area contributed by atoms with Gasteiger partial charge in [-0.3, -0.25) is 0 Å². The average Bonchev–Trinajstić information content (AvgIpc) is 3.17. The summed E-state index contributed by atoms with van der Waals surface area (Å²) in [6.45, 7) is 4.18. The molecule has 2 aromatic carbocycles. The lowest BCUT2D eigenvalue weighted by molar-refractivity contribution is 0.587. The van der Waals surface area contributed by atoms with Crippen LogP contribution in [0.1, 0.15) is 19.4 Å². The highest BCUT2D eigenvalue weighted by Gasteiger charge is 2.13. The van der Waals surface area contributed by atoms with Gasteiger partial charge in [0.25, 0.3) is 0 Å². The zero-order chi connectivity index (χ0) is 25.9. The molecule has 0 unspecified atom stereocenters. The van der Waals surface area contributed by atoms with E-state index in [9.17, 15) is 8.42 Å². The molecule has 2 heterocycles. The Morgan fingerprint density at radius 3 is 2.50 bits per heavy atom. The van der Waals surface area contributed by atoms with Crippen LogP contribution in [0.25, 0.3) is 11.0 Å². The number of fused-ring (bicyclic) bond motifs is 1. The third kappa shape index (κ3) is 5.92. The van der Waals surface area contributed by atoms with Crippen molar-refractivity contribution in [3.8, 4) is 0 Å². The van der Waals surface area contributed by atoms with E-state index in [0.29, 0.717) is 18.4 Å². The third-order valence-corrected chi connectivity index (χ3v) is 7.20. The van der Waals surface area contributed by atoms with Gasteiger partial charge in [-0.2, -0.15) is 4.98 Å². The van der Waals surface area contributed by atoms with E-state index in [1.54, 1.807) is 6.20 Å². The normalized spacial score (nSPS) is 11.7. The van der Waals surface area contributed by atoms with Gasteiger partial charge in [0.2, 0.25) is 21.9 Å². The van der Waals surface area contributed by atoms with E-state index >= 15 is 0 Å². The molecule has 190 valence electrons. The van der Waals surface area contributed by atoms with E-state index in [2.05, 4.69) is 49.8 Å². The van der Waals surface area contributed by atoms with Crippen LogP contribution in [0.4, 0.5) is 29.1 Å². The summed E-state index contributed by atoms with van der Waals surface area (Å²) >= 11 is 0. The summed E-state index contributed by atoms with van der Waals surface area (Å²) in [5.41, 5.74) is 4.66. The Morgan fingerprint density at radius 2 is 1.81 bits per heavy atom. The largest absolute Gasteiger partial charge is 0.353 e. The van der Waals surface area contributed by atoms with Crippen LogP contribution in [-0.2, 0) is 23.5 Å². The van der Waals surface area contributed by atoms with E-state index < -0.39 is 10.0 Å². The van der Waals surface area contributed by atoms with Gasteiger partial charge in [0, 0.05) is 37.7 Å². The number of hydrogen-bond donors (Lipinski definition) is 3. The highest BCUT2D eigenvalue weighted by Crippen LogP contribution is 2.28. The molecule has 0 spiro atoms. The Balaban J connectivity index is 1.48. The molecule has 0 aliphatic rings. The number of benzene rings is 2. The van der Waals surface area contributed by atoms with Crippen molar-refractivity contribution < 1.29 is 8.42 Å². The SMILES string of the molecule is CNS(=O)(=O)CCc1ccc(Nc2nccc(N(C)c3ccc4c(c3)nc(NC(C)C)n4C)n2)cc1. The monoisotopic (exact) mass is 508 g/mol. The van der Waals surface area contributed by atoms with Gasteiger partial charge < -0.3 is 20.1 Å². The summed E-state index contributed by atoms with van der Waals surface area (Å²) in [7, 11) is 2.15. The Kier molecular flexibility index (Phi) is 7.41. The molecule has 0 bridgehead atoms. The summed E-state index contributed by atoms with van der Waals surface area (Å²) in [6.07, 6.45) is 2.15. The molecule has 0 atom stereocenters. The molecular weight excluding hydrogens is 476 g/mol. The number of nitrogens with one attached hydrogen (secondary N) is 3. The van der Waals surface area contributed by atoms with Crippen molar-refractivity contribution in [2.24, 2.45) is 7.05 Å². The average molecular weight is 509 g/mol. The fourth-order valence-electron chi connectivity index (χ4n) is 3.75. The molecule has 4 aromatic rings. The molecule has 0 amide bonds. The Bertz CT molecular complexity index is 1450. The second-order valence-corrected chi connectivity index (χ2v) is 10.9. The fourth-order valence-corrected chi connectivity index (χ4v) is 4.46. The molecule has 0 fully saturated rings. The van der Waals surface area contributed by atoms with Gasteiger partial charge in [-0.05, 0) is 69.3 Å². The zero-order valence-corrected chi connectivity index (χ0v) is 22.0. The van der Waals surface area contributed by atoms with Gasteiger partial charge >= 0.3 is 0 Å². The summed E-state index contributed by atoms with van der Waals surface area (Å²) in [6, 6.07) is 15.9. The van der Waals surface area contributed by atoms with E-state index in [1.807, 2.05) is 61.5 Å². The number of rotatable bonds is 10. The first-order valence-corrected chi connectivity index (χ1v) is 13.4. The molecule has 11 heteroatoms. The van der Waals surface area contributed by atoms with Crippen LogP contribution in [0.3, 0.4) is 0 Å². The maximum atomic E-state index is 11.6. The van der Waals surface area contributed by atoms with Gasteiger partial charge in [-0.1, -0.05) is 12.1 Å². The van der Waals surface area contributed by atoms with E-state index in [0.717, 1.165) is 39.7 Å². The Morgan fingerprint density at radius 1 is 1.06 bits per heavy atom. The lowest BCUT2D eigenvalue weighted by atomic mass is 10.1. The predicted molar refractivity (Wildman–Crippen MR) is 146 cm³/mol. The van der Waals surface area contributed by atoms with Crippen molar-refractivity contribution in [2.45, 2.75) is 26.3 Å². The molecular formula is C25H32N8O2S. The predicted octanol–water partition coefficient (Wildman–Crippen LogP) is 3.79. The number of nitrogens with zero attached hydrogens (tertiary/aromatic N) is 5. The number of aromatic nitrogens is 4. The molecule has 0 aliphatic heterocycles. The van der Waals surface area contributed by atoms with Gasteiger partial charge in [0.05, 0.1) is 16.8 Å². The van der Waals surface area contributed by atoms with Crippen molar-refractivity contribution in [1.82, 2.24) is 24.2 Å². The second-order valence-electron chi connectivity index (χ2n) is 8.86. The van der Waals surface area contributed by atoms with Crippen molar-refractivity contribution in [1.29, 1.82) is 0 Å². The minimum absolute atomic E-state index is 0.0492. The van der Waals surface area contributed by atoms with E-state index in [4.69, 9.17) is 4.98 Å². The van der Waals surface area contributed by atoms with Crippen LogP contribution < -0.4 is 20.3 Å². The smallest absolute Gasteiger partial charge is 0.229 e. The van der Waals surface area contributed by atoms with Crippen molar-refractivity contribution >= 4 is 50.1 Å². The van der Waals surface area contributed by atoms with Crippen LogP contribution >= 0.6 is 0 Å². The quantitative estimate of drug-likeness (QED) is 0.296. The second kappa shape index (κ2) is 10.5. The maximum Gasteiger partial charge on any atom is 0.229 e. The van der Waals surface area contributed by atoms with Gasteiger partial charge in [0.15, 0.2) is 0 Å². The first-order valence-electron chi connectivity index (χ1n) is 11.7. The van der Waals surface area contributed by atoms with Crippen LogP contribution in [0, 0.1) is 0 Å². The lowest BCUT2D eigenvalue weighted by Gasteiger charge is -2.19. The highest BCUT2D eigenvalue weighted by atomic mass is 32.2. The number of anilines is 5. The third-order valence-electron chi connectivity index (χ3n) is 5.83. The summed E-state index contributed by atoms with van der Waals surface area (Å²) in [5.74, 6) is 2.08. The number of imidazole rings is 1. The van der Waals surface area contributed by atoms with Crippen molar-refractivity contribution in [3.05, 3.63) is 60.3 Å². The molecule has 10 nitrogen and oxygen atoms in total. The Hall–Kier alpha value is -3.70. The number of sulfonamides is 1. The molecule has 2 aromatic heterocycles. The van der Waals surface area contributed by atoms with E-state index in [1.165, 1.54) is 7.05 Å². The van der Waals surface area contributed by atoms with E-state index in [-0.39, 0.29) is 5.75 Å². The minimum Gasteiger partial charge on any atom is -0.353 e. The summed E-state index contributed by atoms with van der Waals surface area (Å²) in [5, 5.41) is 6.59. The minimum atomic E-state index is -3.23. The Labute approximate surface area is 211 Å². The summed E-state index contributed by atoms with van der Waals surface area (Å²) in [4.78, 5) is 15.7. The zero-order valence-electron chi connectivity index (χ0n) is 21.1. The summed E-state index contributed by atoms with van der Waals surface area (Å²) < 4.78 is 27.7. The number of aryl methyl sites for hydroxylation is 2. The molecule has 4 rings (SSSR count). The van der Waals surface area contributed by atoms with Gasteiger partial charge in [0.1, 0.15) is 5.82 Å². The maximum absolute atomic E-state index is 11.6. The first-order chi connectivity index (χ1) is 17.1. The molecule has 36 heavy (non-hydrogen) atoms.